The lowest BCUT2D eigenvalue weighted by molar-refractivity contribution is 0.399. The molecule has 0 amide bonds. The van der Waals surface area contributed by atoms with E-state index < -0.39 is 0 Å². The molecular formula is C12H10NO. The molecule has 0 aliphatic heterocycles. The molecule has 0 spiro atoms. The first-order valence-corrected chi connectivity index (χ1v) is 4.37. The number of pyridine rings is 1. The van der Waals surface area contributed by atoms with Gasteiger partial charge in [0, 0.05) is 17.8 Å². The van der Waals surface area contributed by atoms with Gasteiger partial charge in [0.1, 0.15) is 0 Å². The topological polar surface area (TPSA) is 22.1 Å². The van der Waals surface area contributed by atoms with Crippen molar-refractivity contribution >= 4 is 0 Å². The van der Waals surface area contributed by atoms with Crippen molar-refractivity contribution in [3.05, 3.63) is 48.7 Å². The van der Waals surface area contributed by atoms with Gasteiger partial charge in [-0.25, -0.2) is 4.98 Å². The van der Waals surface area contributed by atoms with E-state index >= 15 is 0 Å². The van der Waals surface area contributed by atoms with Gasteiger partial charge in [0.15, 0.2) is 0 Å². The molecular weight excluding hydrogens is 174 g/mol. The predicted octanol–water partition coefficient (Wildman–Crippen LogP) is 2.56. The molecule has 0 atom stereocenters. The molecule has 0 bridgehead atoms. The van der Waals surface area contributed by atoms with Crippen molar-refractivity contribution in [1.29, 1.82) is 0 Å². The molecule has 0 fully saturated rings. The summed E-state index contributed by atoms with van der Waals surface area (Å²) >= 11 is 0. The summed E-state index contributed by atoms with van der Waals surface area (Å²) in [7, 11) is 1.62. The summed E-state index contributed by atoms with van der Waals surface area (Å²) in [5.41, 5.74) is 2.06. The number of rotatable bonds is 2. The monoisotopic (exact) mass is 184 g/mol. The molecule has 1 heterocycles. The quantitative estimate of drug-likeness (QED) is 0.715. The van der Waals surface area contributed by atoms with Gasteiger partial charge < -0.3 is 4.74 Å². The van der Waals surface area contributed by atoms with E-state index in [2.05, 4.69) is 11.1 Å². The van der Waals surface area contributed by atoms with Gasteiger partial charge >= 0.3 is 0 Å². The second-order valence-corrected chi connectivity index (χ2v) is 2.86. The smallest absolute Gasteiger partial charge is 0.221 e. The zero-order valence-corrected chi connectivity index (χ0v) is 7.90. The van der Waals surface area contributed by atoms with Gasteiger partial charge in [-0.1, -0.05) is 30.3 Å². The average molecular weight is 184 g/mol. The Hall–Kier alpha value is -1.83. The minimum absolute atomic E-state index is 0.634. The van der Waals surface area contributed by atoms with Crippen LogP contribution in [0.15, 0.2) is 42.6 Å². The molecule has 0 saturated heterocycles. The van der Waals surface area contributed by atoms with E-state index in [1.807, 2.05) is 36.4 Å². The van der Waals surface area contributed by atoms with Crippen molar-refractivity contribution < 1.29 is 4.74 Å². The van der Waals surface area contributed by atoms with Crippen LogP contribution in [0.5, 0.6) is 5.88 Å². The van der Waals surface area contributed by atoms with Gasteiger partial charge in [0.2, 0.25) is 5.88 Å². The number of hydrogen-bond acceptors (Lipinski definition) is 2. The highest BCUT2D eigenvalue weighted by Crippen LogP contribution is 2.26. The van der Waals surface area contributed by atoms with E-state index in [4.69, 9.17) is 4.74 Å². The summed E-state index contributed by atoms with van der Waals surface area (Å²) < 4.78 is 5.17. The molecule has 0 aliphatic rings. The molecule has 0 saturated carbocycles. The van der Waals surface area contributed by atoms with Crippen LogP contribution in [0, 0.1) is 6.07 Å². The fourth-order valence-electron chi connectivity index (χ4n) is 1.33. The first kappa shape index (κ1) is 8.75. The number of ether oxygens (including phenoxy) is 1. The fraction of sp³-hybridized carbons (Fsp3) is 0.0833. The van der Waals surface area contributed by atoms with E-state index in [-0.39, 0.29) is 0 Å². The summed E-state index contributed by atoms with van der Waals surface area (Å²) in [6.07, 6.45) is 1.60. The third kappa shape index (κ3) is 1.59. The minimum atomic E-state index is 0.634. The van der Waals surface area contributed by atoms with Crippen molar-refractivity contribution in [3.8, 4) is 17.0 Å². The van der Waals surface area contributed by atoms with Crippen LogP contribution in [0.25, 0.3) is 11.1 Å². The van der Waals surface area contributed by atoms with Crippen LogP contribution >= 0.6 is 0 Å². The highest BCUT2D eigenvalue weighted by Gasteiger charge is 2.04. The second kappa shape index (κ2) is 3.92. The summed E-state index contributed by atoms with van der Waals surface area (Å²) in [4.78, 5) is 4.10. The van der Waals surface area contributed by atoms with Gasteiger partial charge in [0.25, 0.3) is 0 Å². The van der Waals surface area contributed by atoms with Crippen LogP contribution in [0.4, 0.5) is 0 Å². The third-order valence-electron chi connectivity index (χ3n) is 1.99. The third-order valence-corrected chi connectivity index (χ3v) is 1.99. The number of nitrogens with zero attached hydrogens (tertiary/aromatic N) is 1. The summed E-state index contributed by atoms with van der Waals surface area (Å²) in [5, 5.41) is 0. The predicted molar refractivity (Wildman–Crippen MR) is 55.1 cm³/mol. The molecule has 1 aromatic heterocycles. The number of benzene rings is 1. The zero-order chi connectivity index (χ0) is 9.80. The van der Waals surface area contributed by atoms with Gasteiger partial charge in [0.05, 0.1) is 7.11 Å². The van der Waals surface area contributed by atoms with Crippen LogP contribution in [0.1, 0.15) is 0 Å². The molecule has 2 aromatic rings. The lowest BCUT2D eigenvalue weighted by Crippen LogP contribution is -1.90. The number of methoxy groups -OCH3 is 1. The van der Waals surface area contributed by atoms with Crippen LogP contribution in [0.3, 0.4) is 0 Å². The first-order valence-electron chi connectivity index (χ1n) is 4.37. The zero-order valence-electron chi connectivity index (χ0n) is 7.90. The van der Waals surface area contributed by atoms with Crippen molar-refractivity contribution in [2.75, 3.05) is 7.11 Å². The summed E-state index contributed by atoms with van der Waals surface area (Å²) in [6, 6.07) is 14.8. The van der Waals surface area contributed by atoms with Crippen molar-refractivity contribution in [1.82, 2.24) is 4.98 Å². The molecule has 14 heavy (non-hydrogen) atoms. The maximum atomic E-state index is 5.17. The largest absolute Gasteiger partial charge is 0.481 e. The minimum Gasteiger partial charge on any atom is -0.481 e. The van der Waals surface area contributed by atoms with Crippen LogP contribution in [-0.2, 0) is 0 Å². The van der Waals surface area contributed by atoms with Crippen LogP contribution in [-0.4, -0.2) is 12.1 Å². The average Bonchev–Trinajstić information content (AvgIpc) is 2.30. The van der Waals surface area contributed by atoms with Crippen LogP contribution < -0.4 is 4.74 Å². The van der Waals surface area contributed by atoms with Crippen molar-refractivity contribution in [2.24, 2.45) is 0 Å². The molecule has 2 rings (SSSR count). The SMILES string of the molecule is COc1nc[c]cc1-c1ccccc1. The Morgan fingerprint density at radius 1 is 1.21 bits per heavy atom. The molecule has 0 aliphatic carbocycles. The van der Waals surface area contributed by atoms with Gasteiger partial charge in [-0.3, -0.25) is 0 Å². The number of aromatic nitrogens is 1. The highest BCUT2D eigenvalue weighted by molar-refractivity contribution is 5.67. The van der Waals surface area contributed by atoms with Crippen molar-refractivity contribution in [2.45, 2.75) is 0 Å². The molecule has 0 unspecified atom stereocenters. The van der Waals surface area contributed by atoms with E-state index in [9.17, 15) is 0 Å². The molecule has 2 nitrogen and oxygen atoms in total. The molecule has 1 aromatic carbocycles. The Morgan fingerprint density at radius 2 is 2.00 bits per heavy atom. The Bertz CT molecular complexity index is 412. The van der Waals surface area contributed by atoms with E-state index in [0.717, 1.165) is 11.1 Å². The first-order chi connectivity index (χ1) is 6.92. The Kier molecular flexibility index (Phi) is 2.45. The molecule has 1 radical (unpaired) electrons. The standard InChI is InChI=1S/C12H10NO/c1-14-12-11(8-5-9-13-12)10-6-3-2-4-7-10/h2-4,6-9H,1H3. The van der Waals surface area contributed by atoms with Gasteiger partial charge in [-0.15, -0.1) is 0 Å². The lowest BCUT2D eigenvalue weighted by Gasteiger charge is -2.05. The van der Waals surface area contributed by atoms with Gasteiger partial charge in [-0.2, -0.15) is 0 Å². The normalized spacial score (nSPS) is 9.79. The molecule has 0 N–H and O–H groups in total. The van der Waals surface area contributed by atoms with E-state index in [0.29, 0.717) is 5.88 Å². The molecule has 2 heteroatoms. The highest BCUT2D eigenvalue weighted by atomic mass is 16.5. The maximum Gasteiger partial charge on any atom is 0.221 e. The van der Waals surface area contributed by atoms with E-state index in [1.165, 1.54) is 0 Å². The Labute approximate surface area is 83.2 Å². The second-order valence-electron chi connectivity index (χ2n) is 2.86. The molecule has 69 valence electrons. The van der Waals surface area contributed by atoms with E-state index in [1.54, 1.807) is 13.3 Å². The Morgan fingerprint density at radius 3 is 2.71 bits per heavy atom. The fourth-order valence-corrected chi connectivity index (χ4v) is 1.33. The Balaban J connectivity index is 2.51. The summed E-state index contributed by atoms with van der Waals surface area (Å²) in [6.45, 7) is 0. The van der Waals surface area contributed by atoms with Gasteiger partial charge in [-0.05, 0) is 11.6 Å². The van der Waals surface area contributed by atoms with Crippen LogP contribution in [0.2, 0.25) is 0 Å². The maximum absolute atomic E-state index is 5.17. The summed E-state index contributed by atoms with van der Waals surface area (Å²) in [5.74, 6) is 0.634. The van der Waals surface area contributed by atoms with Crippen molar-refractivity contribution in [3.63, 3.8) is 0 Å². The number of hydrogen-bond donors (Lipinski definition) is 0. The lowest BCUT2D eigenvalue weighted by atomic mass is 10.1.